The van der Waals surface area contributed by atoms with Gasteiger partial charge in [0.2, 0.25) is 5.91 Å². The van der Waals surface area contributed by atoms with Crippen LogP contribution in [0.2, 0.25) is 5.02 Å². The normalized spacial score (nSPS) is 17.6. The van der Waals surface area contributed by atoms with Crippen LogP contribution in [-0.4, -0.2) is 15.9 Å². The van der Waals surface area contributed by atoms with E-state index in [1.807, 2.05) is 55.3 Å². The molecule has 2 heterocycles. The molecule has 2 atom stereocenters. The van der Waals surface area contributed by atoms with Crippen molar-refractivity contribution in [3.63, 3.8) is 0 Å². The van der Waals surface area contributed by atoms with Gasteiger partial charge in [0.15, 0.2) is 0 Å². The van der Waals surface area contributed by atoms with E-state index in [9.17, 15) is 4.79 Å². The van der Waals surface area contributed by atoms with Crippen molar-refractivity contribution in [2.24, 2.45) is 11.8 Å². The number of nitrogens with one attached hydrogen (secondary N) is 1. The van der Waals surface area contributed by atoms with Crippen molar-refractivity contribution in [2.75, 3.05) is 4.90 Å². The summed E-state index contributed by atoms with van der Waals surface area (Å²) in [6, 6.07) is 7.92. The Labute approximate surface area is 224 Å². The van der Waals surface area contributed by atoms with Gasteiger partial charge < -0.3 is 15.0 Å². The van der Waals surface area contributed by atoms with Crippen LogP contribution in [-0.2, 0) is 17.9 Å². The lowest BCUT2D eigenvalue weighted by molar-refractivity contribution is -0.126. The molecule has 7 heteroatoms. The van der Waals surface area contributed by atoms with Crippen LogP contribution in [0.3, 0.4) is 0 Å². The maximum atomic E-state index is 12.8. The molecule has 4 rings (SSSR count). The molecule has 1 amide bonds. The molecule has 1 aliphatic carbocycles. The highest BCUT2D eigenvalue weighted by Gasteiger charge is 2.25. The molecule has 1 saturated carbocycles. The molecule has 0 saturated heterocycles. The van der Waals surface area contributed by atoms with Gasteiger partial charge in [0.1, 0.15) is 17.9 Å². The monoisotopic (exact) mass is 518 g/mol. The Morgan fingerprint density at radius 3 is 2.92 bits per heavy atom. The Hall–Kier alpha value is -3.38. The van der Waals surface area contributed by atoms with Crippen LogP contribution in [0, 0.1) is 18.8 Å². The van der Waals surface area contributed by atoms with E-state index in [4.69, 9.17) is 21.3 Å². The third-order valence-electron chi connectivity index (χ3n) is 6.92. The Kier molecular flexibility index (Phi) is 8.82. The summed E-state index contributed by atoms with van der Waals surface area (Å²) in [5, 5.41) is 4.57. The largest absolute Gasteiger partial charge is 0.487 e. The van der Waals surface area contributed by atoms with Crippen LogP contribution < -0.4 is 15.0 Å². The number of para-hydroxylation sites is 1. The predicted molar refractivity (Wildman–Crippen MR) is 151 cm³/mol. The van der Waals surface area contributed by atoms with Crippen molar-refractivity contribution >= 4 is 34.1 Å². The second kappa shape index (κ2) is 12.2. The van der Waals surface area contributed by atoms with Crippen molar-refractivity contribution in [1.29, 1.82) is 0 Å². The average molecular weight is 519 g/mol. The van der Waals surface area contributed by atoms with E-state index in [0.29, 0.717) is 23.2 Å². The number of rotatable bonds is 9. The number of fused-ring (bicyclic) bond motifs is 1. The van der Waals surface area contributed by atoms with Crippen LogP contribution in [0.4, 0.5) is 5.69 Å². The molecular formula is C30H35ClN4O2. The zero-order valence-electron chi connectivity index (χ0n) is 21.8. The molecule has 1 aliphatic rings. The summed E-state index contributed by atoms with van der Waals surface area (Å²) in [6.07, 6.45) is 13.3. The molecule has 194 valence electrons. The number of pyridine rings is 2. The molecule has 1 aromatic carbocycles. The van der Waals surface area contributed by atoms with Gasteiger partial charge in [-0.3, -0.25) is 9.78 Å². The summed E-state index contributed by atoms with van der Waals surface area (Å²) >= 11 is 6.55. The summed E-state index contributed by atoms with van der Waals surface area (Å²) in [5.41, 5.74) is 4.27. The van der Waals surface area contributed by atoms with Gasteiger partial charge in [-0.15, -0.1) is 0 Å². The first-order chi connectivity index (χ1) is 17.9. The van der Waals surface area contributed by atoms with E-state index in [1.165, 1.54) is 6.42 Å². The Morgan fingerprint density at radius 2 is 2.16 bits per heavy atom. The van der Waals surface area contributed by atoms with E-state index in [-0.39, 0.29) is 18.4 Å². The molecule has 1 fully saturated rings. The third-order valence-corrected chi connectivity index (χ3v) is 7.25. The van der Waals surface area contributed by atoms with Gasteiger partial charge in [0.25, 0.3) is 0 Å². The maximum absolute atomic E-state index is 12.8. The number of ether oxygens (including phenoxy) is 1. The van der Waals surface area contributed by atoms with Crippen LogP contribution in [0.1, 0.15) is 56.4 Å². The molecule has 2 unspecified atom stereocenters. The maximum Gasteiger partial charge on any atom is 0.223 e. The number of hydrogen-bond acceptors (Lipinski definition) is 5. The number of carbonyl (C=O) groups excluding carboxylic acids is 1. The lowest BCUT2D eigenvalue weighted by Gasteiger charge is -2.26. The highest BCUT2D eigenvalue weighted by molar-refractivity contribution is 6.31. The number of anilines is 1. The van der Waals surface area contributed by atoms with Gasteiger partial charge in [0, 0.05) is 53.9 Å². The highest BCUT2D eigenvalue weighted by Crippen LogP contribution is 2.34. The highest BCUT2D eigenvalue weighted by atomic mass is 35.5. The summed E-state index contributed by atoms with van der Waals surface area (Å²) in [4.78, 5) is 23.8. The zero-order valence-corrected chi connectivity index (χ0v) is 22.6. The minimum Gasteiger partial charge on any atom is -0.487 e. The molecule has 0 bridgehead atoms. The summed E-state index contributed by atoms with van der Waals surface area (Å²) < 4.78 is 6.30. The quantitative estimate of drug-likeness (QED) is 0.327. The van der Waals surface area contributed by atoms with Crippen LogP contribution in [0.5, 0.6) is 5.75 Å². The third kappa shape index (κ3) is 6.31. The van der Waals surface area contributed by atoms with Gasteiger partial charge >= 0.3 is 0 Å². The molecule has 1 N–H and O–H groups in total. The van der Waals surface area contributed by atoms with Gasteiger partial charge in [0.05, 0.1) is 10.7 Å². The number of halogens is 1. The van der Waals surface area contributed by atoms with Crippen molar-refractivity contribution in [2.45, 2.75) is 59.6 Å². The van der Waals surface area contributed by atoms with Crippen LogP contribution in [0.25, 0.3) is 10.9 Å². The number of amides is 1. The van der Waals surface area contributed by atoms with E-state index >= 15 is 0 Å². The summed E-state index contributed by atoms with van der Waals surface area (Å²) in [7, 11) is 0. The number of aryl methyl sites for hydroxylation is 1. The van der Waals surface area contributed by atoms with Gasteiger partial charge in [-0.05, 0) is 50.3 Å². The first-order valence-electron chi connectivity index (χ1n) is 12.9. The lowest BCUT2D eigenvalue weighted by atomic mass is 9.82. The molecule has 0 aliphatic heterocycles. The molecule has 0 radical (unpaired) electrons. The zero-order chi connectivity index (χ0) is 26.4. The fraction of sp³-hybridized carbons (Fsp3) is 0.367. The summed E-state index contributed by atoms with van der Waals surface area (Å²) in [5.74, 6) is 1.43. The Morgan fingerprint density at radius 1 is 1.32 bits per heavy atom. The minimum absolute atomic E-state index is 0.0764. The van der Waals surface area contributed by atoms with Crippen molar-refractivity contribution < 1.29 is 9.53 Å². The lowest BCUT2D eigenvalue weighted by Crippen LogP contribution is -2.33. The SMILES string of the molecule is C=CN(/C=C\C)c1cc(C)nc2c(OCc3c(Cl)cncc3CNC(=O)C3CCCC(C)C3)cccc12. The van der Waals surface area contributed by atoms with Crippen molar-refractivity contribution in [3.8, 4) is 5.75 Å². The van der Waals surface area contributed by atoms with Crippen LogP contribution >= 0.6 is 11.6 Å². The number of hydrogen-bond donors (Lipinski definition) is 1. The molecule has 0 spiro atoms. The second-order valence-electron chi connectivity index (χ2n) is 9.74. The second-order valence-corrected chi connectivity index (χ2v) is 10.1. The first kappa shape index (κ1) is 26.7. The van der Waals surface area contributed by atoms with Gasteiger partial charge in [-0.2, -0.15) is 0 Å². The number of allylic oxidation sites excluding steroid dienone is 1. The van der Waals surface area contributed by atoms with Crippen molar-refractivity contribution in [3.05, 3.63) is 83.6 Å². The van der Waals surface area contributed by atoms with E-state index in [2.05, 4.69) is 23.8 Å². The topological polar surface area (TPSA) is 67.3 Å². The fourth-order valence-electron chi connectivity index (χ4n) is 5.02. The van der Waals surface area contributed by atoms with E-state index in [0.717, 1.165) is 52.7 Å². The Balaban J connectivity index is 1.55. The van der Waals surface area contributed by atoms with E-state index < -0.39 is 0 Å². The van der Waals surface area contributed by atoms with Gasteiger partial charge in [-0.1, -0.05) is 56.2 Å². The molecule has 3 aromatic rings. The predicted octanol–water partition coefficient (Wildman–Crippen LogP) is 7.10. The number of aromatic nitrogens is 2. The molecule has 2 aromatic heterocycles. The van der Waals surface area contributed by atoms with Crippen LogP contribution in [0.15, 0.2) is 61.7 Å². The average Bonchev–Trinajstić information content (AvgIpc) is 2.89. The smallest absolute Gasteiger partial charge is 0.223 e. The molecular weight excluding hydrogens is 484 g/mol. The number of carbonyl (C=O) groups is 1. The molecule has 6 nitrogen and oxygen atoms in total. The minimum atomic E-state index is 0.0764. The standard InChI is InChI=1S/C30H35ClN4O2/c1-5-13-35(6-2)27-15-21(4)34-29-24(27)11-8-12-28(29)37-19-25-23(16-32-18-26(25)31)17-33-30(36)22-10-7-9-20(3)14-22/h5-6,8,11-13,15-16,18,20,22H,2,7,9-10,14,17,19H2,1,3-4H3,(H,33,36)/b13-5-. The summed E-state index contributed by atoms with van der Waals surface area (Å²) in [6.45, 7) is 10.7. The van der Waals surface area contributed by atoms with Crippen molar-refractivity contribution in [1.82, 2.24) is 15.3 Å². The first-order valence-corrected chi connectivity index (χ1v) is 13.2. The molecule has 37 heavy (non-hydrogen) atoms. The van der Waals surface area contributed by atoms with Gasteiger partial charge in [-0.25, -0.2) is 4.98 Å². The number of benzene rings is 1. The Bertz CT molecular complexity index is 1310. The van der Waals surface area contributed by atoms with E-state index in [1.54, 1.807) is 18.6 Å². The fourth-order valence-corrected chi connectivity index (χ4v) is 5.26. The number of nitrogens with zero attached hydrogens (tertiary/aromatic N) is 3.